The molecule has 1 saturated heterocycles. The van der Waals surface area contributed by atoms with Gasteiger partial charge in [-0.1, -0.05) is 0 Å². The van der Waals surface area contributed by atoms with Crippen LogP contribution in [0.3, 0.4) is 0 Å². The molecule has 3 amide bonds. The minimum absolute atomic E-state index is 0.00468. The van der Waals surface area contributed by atoms with Crippen LogP contribution in [0.4, 0.5) is 25.4 Å². The predicted molar refractivity (Wildman–Crippen MR) is 93.0 cm³/mol. The Bertz CT molecular complexity index is 783. The average molecular weight is 414 g/mol. The first kappa shape index (κ1) is 16.7. The van der Waals surface area contributed by atoms with Crippen LogP contribution >= 0.6 is 27.3 Å². The molecule has 0 radical (unpaired) electrons. The maximum atomic E-state index is 13.9. The fourth-order valence-corrected chi connectivity index (χ4v) is 3.62. The SMILES string of the molecule is O=C(NCc1sccc1Br)Nc1cc(N2CCOC2=O)ccc1F. The monoisotopic (exact) mass is 413 g/mol. The van der Waals surface area contributed by atoms with Crippen molar-refractivity contribution in [2.75, 3.05) is 23.4 Å². The molecule has 1 aliphatic heterocycles. The number of nitrogens with zero attached hydrogens (tertiary/aromatic N) is 1. The van der Waals surface area contributed by atoms with Crippen molar-refractivity contribution in [2.24, 2.45) is 0 Å². The Morgan fingerprint density at radius 1 is 1.42 bits per heavy atom. The van der Waals surface area contributed by atoms with Gasteiger partial charge in [0.25, 0.3) is 0 Å². The Morgan fingerprint density at radius 3 is 2.92 bits per heavy atom. The highest BCUT2D eigenvalue weighted by Crippen LogP contribution is 2.25. The summed E-state index contributed by atoms with van der Waals surface area (Å²) in [7, 11) is 0. The molecule has 0 bridgehead atoms. The summed E-state index contributed by atoms with van der Waals surface area (Å²) in [4.78, 5) is 25.9. The summed E-state index contributed by atoms with van der Waals surface area (Å²) in [6, 6.07) is 5.43. The lowest BCUT2D eigenvalue weighted by Crippen LogP contribution is -2.29. The molecule has 1 aliphatic rings. The Labute approximate surface area is 149 Å². The number of thiophene rings is 1. The lowest BCUT2D eigenvalue weighted by Gasteiger charge is -2.15. The van der Waals surface area contributed by atoms with Gasteiger partial charge in [0, 0.05) is 15.0 Å². The van der Waals surface area contributed by atoms with Crippen LogP contribution in [0.1, 0.15) is 4.88 Å². The van der Waals surface area contributed by atoms with Gasteiger partial charge in [-0.3, -0.25) is 4.90 Å². The van der Waals surface area contributed by atoms with E-state index in [1.54, 1.807) is 0 Å². The van der Waals surface area contributed by atoms with Crippen LogP contribution in [0.15, 0.2) is 34.1 Å². The van der Waals surface area contributed by atoms with Gasteiger partial charge in [-0.05, 0) is 45.6 Å². The van der Waals surface area contributed by atoms with Crippen molar-refractivity contribution in [3.8, 4) is 0 Å². The minimum atomic E-state index is -0.584. The van der Waals surface area contributed by atoms with E-state index in [9.17, 15) is 14.0 Å². The zero-order valence-corrected chi connectivity index (χ0v) is 14.7. The minimum Gasteiger partial charge on any atom is -0.447 e. The number of benzene rings is 1. The van der Waals surface area contributed by atoms with E-state index in [2.05, 4.69) is 26.6 Å². The van der Waals surface area contributed by atoms with E-state index < -0.39 is 17.9 Å². The van der Waals surface area contributed by atoms with Gasteiger partial charge in [0.05, 0.1) is 18.8 Å². The summed E-state index contributed by atoms with van der Waals surface area (Å²) in [6.45, 7) is 1.00. The van der Waals surface area contributed by atoms with E-state index in [1.807, 2.05) is 11.4 Å². The lowest BCUT2D eigenvalue weighted by molar-refractivity contribution is 0.181. The fourth-order valence-electron chi connectivity index (χ4n) is 2.18. The number of hydrogen-bond donors (Lipinski definition) is 2. The molecule has 0 saturated carbocycles. The van der Waals surface area contributed by atoms with Gasteiger partial charge in [0.15, 0.2) is 0 Å². The molecule has 1 fully saturated rings. The molecule has 2 aromatic rings. The first-order valence-electron chi connectivity index (χ1n) is 7.05. The number of ether oxygens (including phenoxy) is 1. The third-order valence-corrected chi connectivity index (χ3v) is 5.30. The summed E-state index contributed by atoms with van der Waals surface area (Å²) < 4.78 is 19.7. The van der Waals surface area contributed by atoms with E-state index in [-0.39, 0.29) is 12.3 Å². The molecule has 24 heavy (non-hydrogen) atoms. The lowest BCUT2D eigenvalue weighted by atomic mass is 10.2. The molecule has 0 unspecified atom stereocenters. The van der Waals surface area contributed by atoms with Crippen molar-refractivity contribution in [1.29, 1.82) is 0 Å². The molecular formula is C15H13BrFN3O3S. The first-order chi connectivity index (χ1) is 11.5. The van der Waals surface area contributed by atoms with E-state index in [1.165, 1.54) is 34.4 Å². The van der Waals surface area contributed by atoms with Gasteiger partial charge in [-0.25, -0.2) is 14.0 Å². The number of hydrogen-bond acceptors (Lipinski definition) is 4. The molecule has 9 heteroatoms. The molecule has 0 atom stereocenters. The van der Waals surface area contributed by atoms with Crippen LogP contribution in [0.25, 0.3) is 0 Å². The van der Waals surface area contributed by atoms with Gasteiger partial charge >= 0.3 is 12.1 Å². The van der Waals surface area contributed by atoms with Crippen molar-refractivity contribution in [2.45, 2.75) is 6.54 Å². The maximum absolute atomic E-state index is 13.9. The van der Waals surface area contributed by atoms with Gasteiger partial charge in [0.2, 0.25) is 0 Å². The van der Waals surface area contributed by atoms with Crippen molar-refractivity contribution in [3.05, 3.63) is 44.8 Å². The van der Waals surface area contributed by atoms with E-state index in [0.29, 0.717) is 18.8 Å². The zero-order valence-electron chi connectivity index (χ0n) is 12.3. The standard InChI is InChI=1S/C15H13BrFN3O3S/c16-10-3-6-24-13(10)8-18-14(21)19-12-7-9(1-2-11(12)17)20-4-5-23-15(20)22/h1-3,6-7H,4-5,8H2,(H2,18,19,21). The van der Waals surface area contributed by atoms with Gasteiger partial charge in [-0.2, -0.15) is 0 Å². The van der Waals surface area contributed by atoms with Crippen LogP contribution in [0.2, 0.25) is 0 Å². The summed E-state index contributed by atoms with van der Waals surface area (Å²) >= 11 is 4.88. The fraction of sp³-hybridized carbons (Fsp3) is 0.200. The smallest absolute Gasteiger partial charge is 0.414 e. The largest absolute Gasteiger partial charge is 0.447 e. The van der Waals surface area contributed by atoms with Crippen LogP contribution in [-0.4, -0.2) is 25.3 Å². The molecule has 1 aromatic heterocycles. The molecular weight excluding hydrogens is 401 g/mol. The summed E-state index contributed by atoms with van der Waals surface area (Å²) in [6.07, 6.45) is -0.487. The molecule has 3 rings (SSSR count). The average Bonchev–Trinajstić information content (AvgIpc) is 3.16. The third kappa shape index (κ3) is 3.68. The van der Waals surface area contributed by atoms with Crippen molar-refractivity contribution in [1.82, 2.24) is 5.32 Å². The van der Waals surface area contributed by atoms with Crippen molar-refractivity contribution >= 4 is 50.8 Å². The molecule has 0 aliphatic carbocycles. The van der Waals surface area contributed by atoms with Crippen molar-refractivity contribution < 1.29 is 18.7 Å². The Balaban J connectivity index is 1.66. The van der Waals surface area contributed by atoms with Crippen LogP contribution in [0, 0.1) is 5.82 Å². The number of urea groups is 1. The Morgan fingerprint density at radius 2 is 2.25 bits per heavy atom. The zero-order chi connectivity index (χ0) is 17.1. The van der Waals surface area contributed by atoms with E-state index in [0.717, 1.165) is 9.35 Å². The Hall–Kier alpha value is -2.13. The van der Waals surface area contributed by atoms with E-state index >= 15 is 0 Å². The highest BCUT2D eigenvalue weighted by Gasteiger charge is 2.24. The van der Waals surface area contributed by atoms with Gasteiger partial charge in [0.1, 0.15) is 12.4 Å². The van der Waals surface area contributed by atoms with Gasteiger partial charge < -0.3 is 15.4 Å². The van der Waals surface area contributed by atoms with Crippen LogP contribution in [0.5, 0.6) is 0 Å². The molecule has 6 nitrogen and oxygen atoms in total. The third-order valence-electron chi connectivity index (χ3n) is 3.37. The summed E-state index contributed by atoms with van der Waals surface area (Å²) in [5, 5.41) is 7.01. The highest BCUT2D eigenvalue weighted by atomic mass is 79.9. The van der Waals surface area contributed by atoms with E-state index in [4.69, 9.17) is 4.74 Å². The molecule has 126 valence electrons. The quantitative estimate of drug-likeness (QED) is 0.797. The summed E-state index contributed by atoms with van der Waals surface area (Å²) in [5.41, 5.74) is 0.463. The van der Waals surface area contributed by atoms with Crippen molar-refractivity contribution in [3.63, 3.8) is 0 Å². The Kier molecular flexibility index (Phi) is 5.00. The second-order valence-electron chi connectivity index (χ2n) is 4.93. The predicted octanol–water partition coefficient (Wildman–Crippen LogP) is 3.93. The van der Waals surface area contributed by atoms with Crippen LogP contribution in [-0.2, 0) is 11.3 Å². The number of nitrogens with one attached hydrogen (secondary N) is 2. The van der Waals surface area contributed by atoms with Gasteiger partial charge in [-0.15, -0.1) is 11.3 Å². The highest BCUT2D eigenvalue weighted by molar-refractivity contribution is 9.10. The number of halogens is 2. The molecule has 0 spiro atoms. The first-order valence-corrected chi connectivity index (χ1v) is 8.72. The number of anilines is 2. The normalized spacial score (nSPS) is 13.8. The number of amides is 3. The second-order valence-corrected chi connectivity index (χ2v) is 6.78. The molecule has 2 N–H and O–H groups in total. The number of rotatable bonds is 4. The number of cyclic esters (lactones) is 1. The number of carbonyl (C=O) groups is 2. The summed E-state index contributed by atoms with van der Waals surface area (Å²) in [5.74, 6) is -0.584. The topological polar surface area (TPSA) is 70.7 Å². The van der Waals surface area contributed by atoms with Crippen LogP contribution < -0.4 is 15.5 Å². The second kappa shape index (κ2) is 7.18. The molecule has 2 heterocycles. The molecule has 1 aromatic carbocycles. The number of carbonyl (C=O) groups excluding carboxylic acids is 2. The maximum Gasteiger partial charge on any atom is 0.414 e.